The maximum absolute atomic E-state index is 12.5. The lowest BCUT2D eigenvalue weighted by molar-refractivity contribution is -0.116. The van der Waals surface area contributed by atoms with Gasteiger partial charge in [0, 0.05) is 37.9 Å². The van der Waals surface area contributed by atoms with Gasteiger partial charge in [0.15, 0.2) is 0 Å². The zero-order chi connectivity index (χ0) is 22.9. The van der Waals surface area contributed by atoms with Gasteiger partial charge >= 0.3 is 0 Å². The molecule has 6 heteroatoms. The third kappa shape index (κ3) is 6.71. The molecule has 2 aromatic carbocycles. The quantitative estimate of drug-likeness (QED) is 0.576. The maximum Gasteiger partial charge on any atom is 0.224 e. The molecule has 6 nitrogen and oxygen atoms in total. The second-order valence-corrected chi connectivity index (χ2v) is 8.59. The lowest BCUT2D eigenvalue weighted by Gasteiger charge is -2.33. The van der Waals surface area contributed by atoms with Crippen molar-refractivity contribution in [2.45, 2.75) is 45.8 Å². The van der Waals surface area contributed by atoms with Crippen molar-refractivity contribution in [3.05, 3.63) is 53.1 Å². The number of carbonyl (C=O) groups is 1. The topological polar surface area (TPSA) is 60.0 Å². The van der Waals surface area contributed by atoms with Crippen molar-refractivity contribution in [2.75, 3.05) is 39.7 Å². The minimum Gasteiger partial charge on any atom is -0.497 e. The highest BCUT2D eigenvalue weighted by atomic mass is 16.5. The second-order valence-electron chi connectivity index (χ2n) is 8.59. The van der Waals surface area contributed by atoms with E-state index in [1.807, 2.05) is 31.2 Å². The molecule has 0 saturated carbocycles. The first-order valence-corrected chi connectivity index (χ1v) is 11.3. The molecule has 1 aliphatic rings. The largest absolute Gasteiger partial charge is 0.497 e. The third-order valence-electron chi connectivity index (χ3n) is 6.14. The van der Waals surface area contributed by atoms with Gasteiger partial charge in [0.05, 0.1) is 20.8 Å². The first-order chi connectivity index (χ1) is 15.5. The number of aryl methyl sites for hydroxylation is 1. The molecule has 0 bridgehead atoms. The highest BCUT2D eigenvalue weighted by molar-refractivity contribution is 5.91. The Hall–Kier alpha value is -2.57. The van der Waals surface area contributed by atoms with Gasteiger partial charge in [-0.05, 0) is 80.1 Å². The normalized spacial score (nSPS) is 16.6. The SMILES string of the molecule is COCc1cc(CN2CCCC(CCC(=O)Nc3ccc(OC)cc3C)C2)ccc1OC. The third-order valence-corrected chi connectivity index (χ3v) is 6.14. The van der Waals surface area contributed by atoms with Crippen LogP contribution in [0.5, 0.6) is 11.5 Å². The summed E-state index contributed by atoms with van der Waals surface area (Å²) < 4.78 is 16.0. The molecule has 1 N–H and O–H groups in total. The Kier molecular flexibility index (Phi) is 8.94. The summed E-state index contributed by atoms with van der Waals surface area (Å²) in [6.07, 6.45) is 3.81. The molecule has 1 unspecified atom stereocenters. The molecule has 0 aromatic heterocycles. The fraction of sp³-hybridized carbons (Fsp3) is 0.500. The maximum atomic E-state index is 12.5. The number of carbonyl (C=O) groups excluding carboxylic acids is 1. The van der Waals surface area contributed by atoms with Gasteiger partial charge in [-0.15, -0.1) is 0 Å². The summed E-state index contributed by atoms with van der Waals surface area (Å²) in [6, 6.07) is 12.0. The fourth-order valence-electron chi connectivity index (χ4n) is 4.44. The number of nitrogens with one attached hydrogen (secondary N) is 1. The van der Waals surface area contributed by atoms with Crippen molar-refractivity contribution in [1.29, 1.82) is 0 Å². The van der Waals surface area contributed by atoms with E-state index in [4.69, 9.17) is 14.2 Å². The number of nitrogens with zero attached hydrogens (tertiary/aromatic N) is 1. The molecule has 1 saturated heterocycles. The van der Waals surface area contributed by atoms with Crippen LogP contribution in [-0.2, 0) is 22.7 Å². The van der Waals surface area contributed by atoms with Crippen LogP contribution in [0.3, 0.4) is 0 Å². The van der Waals surface area contributed by atoms with Crippen molar-refractivity contribution in [2.24, 2.45) is 5.92 Å². The van der Waals surface area contributed by atoms with Crippen molar-refractivity contribution in [3.63, 3.8) is 0 Å². The lowest BCUT2D eigenvalue weighted by Crippen LogP contribution is -2.35. The molecule has 0 radical (unpaired) electrons. The predicted octanol–water partition coefficient (Wildman–Crippen LogP) is 4.79. The molecule has 1 aliphatic heterocycles. The van der Waals surface area contributed by atoms with E-state index in [0.717, 1.165) is 54.4 Å². The minimum atomic E-state index is 0.0785. The molecule has 3 rings (SSSR count). The molecule has 0 aliphatic carbocycles. The average Bonchev–Trinajstić information content (AvgIpc) is 2.80. The average molecular weight is 441 g/mol. The summed E-state index contributed by atoms with van der Waals surface area (Å²) in [5.74, 6) is 2.29. The number of rotatable bonds is 10. The number of hydrogen-bond acceptors (Lipinski definition) is 5. The van der Waals surface area contributed by atoms with Crippen LogP contribution < -0.4 is 14.8 Å². The summed E-state index contributed by atoms with van der Waals surface area (Å²) in [6.45, 7) is 5.56. The van der Waals surface area contributed by atoms with Crippen LogP contribution in [0.2, 0.25) is 0 Å². The van der Waals surface area contributed by atoms with Gasteiger partial charge < -0.3 is 19.5 Å². The molecule has 1 atom stereocenters. The van der Waals surface area contributed by atoms with Crippen LogP contribution in [0.1, 0.15) is 42.4 Å². The van der Waals surface area contributed by atoms with Crippen molar-refractivity contribution < 1.29 is 19.0 Å². The number of piperidine rings is 1. The second kappa shape index (κ2) is 11.9. The highest BCUT2D eigenvalue weighted by Crippen LogP contribution is 2.26. The van der Waals surface area contributed by atoms with Crippen LogP contribution in [0.25, 0.3) is 0 Å². The van der Waals surface area contributed by atoms with Gasteiger partial charge in [-0.1, -0.05) is 6.07 Å². The summed E-state index contributed by atoms with van der Waals surface area (Å²) in [5, 5.41) is 3.05. The minimum absolute atomic E-state index is 0.0785. The van der Waals surface area contributed by atoms with Crippen LogP contribution in [0.15, 0.2) is 36.4 Å². The van der Waals surface area contributed by atoms with Crippen LogP contribution in [0, 0.1) is 12.8 Å². The number of hydrogen-bond donors (Lipinski definition) is 1. The number of amides is 1. The smallest absolute Gasteiger partial charge is 0.224 e. The monoisotopic (exact) mass is 440 g/mol. The zero-order valence-electron chi connectivity index (χ0n) is 19.8. The van der Waals surface area contributed by atoms with Crippen molar-refractivity contribution >= 4 is 11.6 Å². The standard InChI is InChI=1S/C26H36N2O4/c1-19-14-23(31-3)9-10-24(19)27-26(29)12-8-20-6-5-13-28(16-20)17-21-7-11-25(32-4)22(15-21)18-30-2/h7,9-11,14-15,20H,5-6,8,12-13,16-18H2,1-4H3,(H,27,29). The Bertz CT molecular complexity index is 899. The first-order valence-electron chi connectivity index (χ1n) is 11.3. The van der Waals surface area contributed by atoms with E-state index in [9.17, 15) is 4.79 Å². The van der Waals surface area contributed by atoms with Crippen molar-refractivity contribution in [1.82, 2.24) is 4.90 Å². The van der Waals surface area contributed by atoms with E-state index in [0.29, 0.717) is 18.9 Å². The predicted molar refractivity (Wildman–Crippen MR) is 127 cm³/mol. The van der Waals surface area contributed by atoms with Gasteiger partial charge in [-0.2, -0.15) is 0 Å². The Balaban J connectivity index is 1.49. The summed E-state index contributed by atoms with van der Waals surface area (Å²) in [7, 11) is 5.04. The van der Waals surface area contributed by atoms with Gasteiger partial charge in [0.2, 0.25) is 5.91 Å². The van der Waals surface area contributed by atoms with E-state index in [-0.39, 0.29) is 5.91 Å². The van der Waals surface area contributed by atoms with E-state index >= 15 is 0 Å². The van der Waals surface area contributed by atoms with Crippen molar-refractivity contribution in [3.8, 4) is 11.5 Å². The van der Waals surface area contributed by atoms with Crippen LogP contribution in [-0.4, -0.2) is 45.2 Å². The molecule has 1 amide bonds. The molecule has 174 valence electrons. The zero-order valence-corrected chi connectivity index (χ0v) is 19.8. The molecule has 1 heterocycles. The summed E-state index contributed by atoms with van der Waals surface area (Å²) in [4.78, 5) is 15.0. The first kappa shape index (κ1) is 24.1. The number of anilines is 1. The van der Waals surface area contributed by atoms with Crippen LogP contribution >= 0.6 is 0 Å². The number of benzene rings is 2. The van der Waals surface area contributed by atoms with Gasteiger partial charge in [-0.3, -0.25) is 9.69 Å². The Morgan fingerprint density at radius 1 is 1.12 bits per heavy atom. The molecular formula is C26H36N2O4. The Morgan fingerprint density at radius 3 is 2.69 bits per heavy atom. The van der Waals surface area contributed by atoms with Gasteiger partial charge in [0.25, 0.3) is 0 Å². The molecule has 32 heavy (non-hydrogen) atoms. The molecule has 0 spiro atoms. The Morgan fingerprint density at radius 2 is 1.97 bits per heavy atom. The summed E-state index contributed by atoms with van der Waals surface area (Å²) in [5.41, 5.74) is 4.21. The summed E-state index contributed by atoms with van der Waals surface area (Å²) >= 11 is 0. The van der Waals surface area contributed by atoms with E-state index in [1.165, 1.54) is 18.4 Å². The number of likely N-dealkylation sites (tertiary alicyclic amines) is 1. The van der Waals surface area contributed by atoms with Gasteiger partial charge in [0.1, 0.15) is 11.5 Å². The van der Waals surface area contributed by atoms with E-state index in [2.05, 4.69) is 22.3 Å². The van der Waals surface area contributed by atoms with Crippen LogP contribution in [0.4, 0.5) is 5.69 Å². The van der Waals surface area contributed by atoms with E-state index < -0.39 is 0 Å². The number of methoxy groups -OCH3 is 3. The number of ether oxygens (including phenoxy) is 3. The Labute approximate surface area is 191 Å². The highest BCUT2D eigenvalue weighted by Gasteiger charge is 2.21. The van der Waals surface area contributed by atoms with E-state index in [1.54, 1.807) is 21.3 Å². The lowest BCUT2D eigenvalue weighted by atomic mass is 9.93. The molecule has 1 fully saturated rings. The molecule has 2 aromatic rings. The molecular weight excluding hydrogens is 404 g/mol. The van der Waals surface area contributed by atoms with Gasteiger partial charge in [-0.25, -0.2) is 0 Å². The fourth-order valence-corrected chi connectivity index (χ4v) is 4.44.